The second-order valence-electron chi connectivity index (χ2n) is 4.88. The summed E-state index contributed by atoms with van der Waals surface area (Å²) in [5.74, 6) is -0.531. The lowest BCUT2D eigenvalue weighted by Gasteiger charge is -2.21. The molecule has 0 fully saturated rings. The van der Waals surface area contributed by atoms with Crippen molar-refractivity contribution in [2.24, 2.45) is 5.73 Å². The molecule has 0 aliphatic heterocycles. The summed E-state index contributed by atoms with van der Waals surface area (Å²) in [6.07, 6.45) is 1.40. The van der Waals surface area contributed by atoms with Crippen molar-refractivity contribution in [2.45, 2.75) is 32.4 Å². The summed E-state index contributed by atoms with van der Waals surface area (Å²) in [5.41, 5.74) is 5.26. The normalized spacial score (nSPS) is 12.2. The summed E-state index contributed by atoms with van der Waals surface area (Å²) in [5, 5.41) is 5.20. The summed E-state index contributed by atoms with van der Waals surface area (Å²) in [6, 6.07) is 2.49. The zero-order valence-electron chi connectivity index (χ0n) is 11.2. The predicted molar refractivity (Wildman–Crippen MR) is 74.2 cm³/mol. The van der Waals surface area contributed by atoms with Gasteiger partial charge in [-0.05, 0) is 32.9 Å². The number of nitrogens with two attached hydrogens (primary N) is 1. The number of hydrogen-bond acceptors (Lipinski definition) is 4. The average Bonchev–Trinajstić information content (AvgIpc) is 2.77. The van der Waals surface area contributed by atoms with Crippen molar-refractivity contribution in [3.63, 3.8) is 0 Å². The maximum Gasteiger partial charge on any atom is 0.287 e. The van der Waals surface area contributed by atoms with Crippen molar-refractivity contribution in [3.05, 3.63) is 24.2 Å². The molecule has 0 radical (unpaired) electrons. The molecule has 0 aromatic carbocycles. The number of furan rings is 1. The fourth-order valence-corrected chi connectivity index (χ4v) is 1.21. The molecular formula is C12H20ClN3O3. The third kappa shape index (κ3) is 6.26. The van der Waals surface area contributed by atoms with Gasteiger partial charge in [0.05, 0.1) is 6.26 Å². The molecule has 1 heterocycles. The van der Waals surface area contributed by atoms with Gasteiger partial charge in [0.2, 0.25) is 5.91 Å². The van der Waals surface area contributed by atoms with Crippen molar-refractivity contribution in [1.82, 2.24) is 10.6 Å². The van der Waals surface area contributed by atoms with Crippen LogP contribution in [0, 0.1) is 0 Å². The monoisotopic (exact) mass is 289 g/mol. The van der Waals surface area contributed by atoms with Crippen LogP contribution in [-0.4, -0.2) is 29.9 Å². The first-order valence-corrected chi connectivity index (χ1v) is 5.70. The second-order valence-corrected chi connectivity index (χ2v) is 4.88. The van der Waals surface area contributed by atoms with E-state index in [2.05, 4.69) is 10.6 Å². The molecular weight excluding hydrogens is 270 g/mol. The Morgan fingerprint density at radius 3 is 2.58 bits per heavy atom. The molecule has 0 aliphatic carbocycles. The van der Waals surface area contributed by atoms with Crippen molar-refractivity contribution in [3.8, 4) is 0 Å². The Morgan fingerprint density at radius 2 is 2.11 bits per heavy atom. The molecule has 2 amide bonds. The van der Waals surface area contributed by atoms with Gasteiger partial charge in [-0.15, -0.1) is 12.4 Å². The van der Waals surface area contributed by atoms with Crippen LogP contribution in [0.2, 0.25) is 0 Å². The molecule has 0 bridgehead atoms. The standard InChI is InChI=1S/C12H19N3O3.ClH/c1-8(10(16)14-7-12(2,3)13)15-11(17)9-5-4-6-18-9;/h4-6,8H,7,13H2,1-3H3,(H,14,16)(H,15,17);1H. The highest BCUT2D eigenvalue weighted by atomic mass is 35.5. The van der Waals surface area contributed by atoms with Crippen LogP contribution in [0.1, 0.15) is 31.3 Å². The SMILES string of the molecule is CC(NC(=O)c1ccco1)C(=O)NCC(C)(C)N.Cl. The summed E-state index contributed by atoms with van der Waals surface area (Å²) in [4.78, 5) is 23.3. The van der Waals surface area contributed by atoms with Crippen LogP contribution in [0.5, 0.6) is 0 Å². The van der Waals surface area contributed by atoms with Gasteiger partial charge in [0.25, 0.3) is 5.91 Å². The number of carbonyl (C=O) groups is 2. The lowest BCUT2D eigenvalue weighted by Crippen LogP contribution is -2.50. The number of carbonyl (C=O) groups excluding carboxylic acids is 2. The lowest BCUT2D eigenvalue weighted by atomic mass is 10.1. The zero-order chi connectivity index (χ0) is 13.8. The molecule has 0 saturated heterocycles. The van der Waals surface area contributed by atoms with Crippen molar-refractivity contribution in [2.75, 3.05) is 6.54 Å². The van der Waals surface area contributed by atoms with Crippen LogP contribution in [0.3, 0.4) is 0 Å². The molecule has 4 N–H and O–H groups in total. The maximum absolute atomic E-state index is 11.7. The number of nitrogens with one attached hydrogen (secondary N) is 2. The van der Waals surface area contributed by atoms with Gasteiger partial charge < -0.3 is 20.8 Å². The van der Waals surface area contributed by atoms with Crippen LogP contribution < -0.4 is 16.4 Å². The van der Waals surface area contributed by atoms with Crippen LogP contribution in [0.25, 0.3) is 0 Å². The van der Waals surface area contributed by atoms with Gasteiger partial charge in [-0.1, -0.05) is 0 Å². The van der Waals surface area contributed by atoms with Crippen LogP contribution in [0.15, 0.2) is 22.8 Å². The molecule has 1 atom stereocenters. The Balaban J connectivity index is 0.00000324. The largest absolute Gasteiger partial charge is 0.459 e. The molecule has 1 aromatic rings. The molecule has 0 aliphatic rings. The lowest BCUT2D eigenvalue weighted by molar-refractivity contribution is -0.122. The van der Waals surface area contributed by atoms with Crippen molar-refractivity contribution in [1.29, 1.82) is 0 Å². The Morgan fingerprint density at radius 1 is 1.47 bits per heavy atom. The first-order valence-electron chi connectivity index (χ1n) is 5.70. The van der Waals surface area contributed by atoms with Gasteiger partial charge in [0.15, 0.2) is 5.76 Å². The van der Waals surface area contributed by atoms with E-state index >= 15 is 0 Å². The van der Waals surface area contributed by atoms with E-state index in [1.165, 1.54) is 12.3 Å². The first-order chi connectivity index (χ1) is 8.29. The Hall–Kier alpha value is -1.53. The smallest absolute Gasteiger partial charge is 0.287 e. The van der Waals surface area contributed by atoms with E-state index in [1.54, 1.807) is 26.8 Å². The van der Waals surface area contributed by atoms with Crippen molar-refractivity contribution >= 4 is 24.2 Å². The highest BCUT2D eigenvalue weighted by Crippen LogP contribution is 2.00. The summed E-state index contributed by atoms with van der Waals surface area (Å²) in [7, 11) is 0. The average molecular weight is 290 g/mol. The first kappa shape index (κ1) is 17.5. The molecule has 0 spiro atoms. The van der Waals surface area contributed by atoms with Gasteiger partial charge in [-0.25, -0.2) is 0 Å². The van der Waals surface area contributed by atoms with Crippen molar-refractivity contribution < 1.29 is 14.0 Å². The molecule has 1 aromatic heterocycles. The molecule has 6 nitrogen and oxygen atoms in total. The topological polar surface area (TPSA) is 97.4 Å². The quantitative estimate of drug-likeness (QED) is 0.742. The summed E-state index contributed by atoms with van der Waals surface area (Å²) < 4.78 is 4.93. The third-order valence-corrected chi connectivity index (χ3v) is 2.20. The highest BCUT2D eigenvalue weighted by molar-refractivity contribution is 5.95. The van der Waals surface area contributed by atoms with Gasteiger partial charge in [-0.3, -0.25) is 9.59 Å². The minimum atomic E-state index is -0.648. The van der Waals surface area contributed by atoms with E-state index in [0.717, 1.165) is 0 Å². The van der Waals surface area contributed by atoms with Gasteiger partial charge in [0, 0.05) is 12.1 Å². The summed E-state index contributed by atoms with van der Waals surface area (Å²) >= 11 is 0. The van der Waals surface area contributed by atoms with E-state index in [1.807, 2.05) is 0 Å². The minimum absolute atomic E-state index is 0. The molecule has 7 heteroatoms. The summed E-state index contributed by atoms with van der Waals surface area (Å²) in [6.45, 7) is 5.55. The number of hydrogen-bond donors (Lipinski definition) is 3. The fraction of sp³-hybridized carbons (Fsp3) is 0.500. The molecule has 1 rings (SSSR count). The minimum Gasteiger partial charge on any atom is -0.459 e. The van der Waals surface area contributed by atoms with E-state index in [0.29, 0.717) is 6.54 Å². The fourth-order valence-electron chi connectivity index (χ4n) is 1.21. The number of halogens is 1. The Bertz CT molecular complexity index is 412. The number of amides is 2. The molecule has 0 saturated carbocycles. The zero-order valence-corrected chi connectivity index (χ0v) is 12.0. The van der Waals surface area contributed by atoms with E-state index < -0.39 is 17.5 Å². The number of rotatable bonds is 5. The van der Waals surface area contributed by atoms with Crippen LogP contribution >= 0.6 is 12.4 Å². The third-order valence-electron chi connectivity index (χ3n) is 2.20. The highest BCUT2D eigenvalue weighted by Gasteiger charge is 2.19. The van der Waals surface area contributed by atoms with E-state index in [-0.39, 0.29) is 24.1 Å². The maximum atomic E-state index is 11.7. The molecule has 19 heavy (non-hydrogen) atoms. The van der Waals surface area contributed by atoms with Crippen LogP contribution in [-0.2, 0) is 4.79 Å². The predicted octanol–water partition coefficient (Wildman–Crippen LogP) is 0.673. The molecule has 108 valence electrons. The van der Waals surface area contributed by atoms with E-state index in [9.17, 15) is 9.59 Å². The van der Waals surface area contributed by atoms with Gasteiger partial charge in [-0.2, -0.15) is 0 Å². The second kappa shape index (κ2) is 7.16. The van der Waals surface area contributed by atoms with Gasteiger partial charge in [0.1, 0.15) is 6.04 Å². The van der Waals surface area contributed by atoms with Crippen LogP contribution in [0.4, 0.5) is 0 Å². The Kier molecular flexibility index (Phi) is 6.58. The Labute approximate surface area is 118 Å². The van der Waals surface area contributed by atoms with Gasteiger partial charge >= 0.3 is 0 Å². The molecule has 1 unspecified atom stereocenters. The van der Waals surface area contributed by atoms with E-state index in [4.69, 9.17) is 10.2 Å².